The summed E-state index contributed by atoms with van der Waals surface area (Å²) in [5.74, 6) is -2.09. The van der Waals surface area contributed by atoms with Crippen molar-refractivity contribution in [3.05, 3.63) is 48.0 Å². The fourth-order valence-corrected chi connectivity index (χ4v) is 1.65. The predicted molar refractivity (Wildman–Crippen MR) is 77.8 cm³/mol. The maximum Gasteiger partial charge on any atom is 0.326 e. The number of carbonyl (C=O) groups is 3. The minimum atomic E-state index is -1.14. The fourth-order valence-electron chi connectivity index (χ4n) is 1.65. The maximum atomic E-state index is 11.7. The molecule has 0 aliphatic heterocycles. The third-order valence-corrected chi connectivity index (χ3v) is 2.63. The molecule has 0 saturated heterocycles. The highest BCUT2D eigenvalue weighted by atomic mass is 16.4. The molecule has 0 aromatic heterocycles. The zero-order valence-electron chi connectivity index (χ0n) is 11.8. The SMILES string of the molecule is C=C(C)C[C@@H](NC(=O)CNC(=O)c1ccccc1)C(=O)O. The van der Waals surface area contributed by atoms with Crippen molar-refractivity contribution in [1.82, 2.24) is 10.6 Å². The highest BCUT2D eigenvalue weighted by Gasteiger charge is 2.20. The van der Waals surface area contributed by atoms with Crippen molar-refractivity contribution in [2.45, 2.75) is 19.4 Å². The van der Waals surface area contributed by atoms with Crippen LogP contribution < -0.4 is 10.6 Å². The molecule has 1 aromatic carbocycles. The topological polar surface area (TPSA) is 95.5 Å². The summed E-state index contributed by atoms with van der Waals surface area (Å²) in [6.45, 7) is 5.01. The van der Waals surface area contributed by atoms with E-state index >= 15 is 0 Å². The standard InChI is InChI=1S/C15H18N2O4/c1-10(2)8-12(15(20)21)17-13(18)9-16-14(19)11-6-4-3-5-7-11/h3-7,12H,1,8-9H2,2H3,(H,16,19)(H,17,18)(H,20,21)/t12-/m1/s1. The summed E-state index contributed by atoms with van der Waals surface area (Å²) >= 11 is 0. The highest BCUT2D eigenvalue weighted by Crippen LogP contribution is 2.02. The molecule has 1 atom stereocenters. The Kier molecular flexibility index (Phi) is 6.13. The third-order valence-electron chi connectivity index (χ3n) is 2.63. The van der Waals surface area contributed by atoms with Crippen molar-refractivity contribution in [2.24, 2.45) is 0 Å². The predicted octanol–water partition coefficient (Wildman–Crippen LogP) is 0.952. The lowest BCUT2D eigenvalue weighted by Gasteiger charge is -2.14. The van der Waals surface area contributed by atoms with E-state index in [2.05, 4.69) is 17.2 Å². The smallest absolute Gasteiger partial charge is 0.326 e. The summed E-state index contributed by atoms with van der Waals surface area (Å²) in [4.78, 5) is 34.4. The second kappa shape index (κ2) is 7.84. The van der Waals surface area contributed by atoms with Crippen molar-refractivity contribution >= 4 is 17.8 Å². The first-order valence-corrected chi connectivity index (χ1v) is 6.40. The number of amides is 2. The van der Waals surface area contributed by atoms with Crippen LogP contribution >= 0.6 is 0 Å². The van der Waals surface area contributed by atoms with E-state index in [1.54, 1.807) is 37.3 Å². The summed E-state index contributed by atoms with van der Waals surface area (Å²) in [5.41, 5.74) is 1.08. The molecule has 0 unspecified atom stereocenters. The maximum absolute atomic E-state index is 11.7. The molecule has 0 fully saturated rings. The Morgan fingerprint density at radius 1 is 1.24 bits per heavy atom. The van der Waals surface area contributed by atoms with Crippen LogP contribution in [0.15, 0.2) is 42.5 Å². The number of hydrogen-bond donors (Lipinski definition) is 3. The molecule has 1 rings (SSSR count). The lowest BCUT2D eigenvalue weighted by atomic mass is 10.1. The van der Waals surface area contributed by atoms with Gasteiger partial charge in [0.2, 0.25) is 5.91 Å². The number of benzene rings is 1. The van der Waals surface area contributed by atoms with Gasteiger partial charge in [0, 0.05) is 5.56 Å². The van der Waals surface area contributed by atoms with Crippen molar-refractivity contribution in [1.29, 1.82) is 0 Å². The molecule has 21 heavy (non-hydrogen) atoms. The summed E-state index contributed by atoms with van der Waals surface area (Å²) in [7, 11) is 0. The van der Waals surface area contributed by atoms with E-state index in [1.807, 2.05) is 0 Å². The van der Waals surface area contributed by atoms with E-state index < -0.39 is 23.8 Å². The summed E-state index contributed by atoms with van der Waals surface area (Å²) in [6, 6.07) is 7.40. The zero-order chi connectivity index (χ0) is 15.8. The van der Waals surface area contributed by atoms with E-state index in [1.165, 1.54) is 0 Å². The molecule has 0 bridgehead atoms. The van der Waals surface area contributed by atoms with Gasteiger partial charge in [0.1, 0.15) is 6.04 Å². The van der Waals surface area contributed by atoms with Gasteiger partial charge < -0.3 is 15.7 Å². The van der Waals surface area contributed by atoms with Crippen LogP contribution in [0, 0.1) is 0 Å². The van der Waals surface area contributed by atoms with Gasteiger partial charge in [0.25, 0.3) is 5.91 Å². The Bertz CT molecular complexity index is 540. The molecule has 0 spiro atoms. The van der Waals surface area contributed by atoms with E-state index in [0.29, 0.717) is 11.1 Å². The van der Waals surface area contributed by atoms with Gasteiger partial charge in [-0.2, -0.15) is 0 Å². The molecular weight excluding hydrogens is 272 g/mol. The number of aliphatic carboxylic acids is 1. The van der Waals surface area contributed by atoms with Crippen molar-refractivity contribution in [3.8, 4) is 0 Å². The molecule has 112 valence electrons. The molecule has 3 N–H and O–H groups in total. The lowest BCUT2D eigenvalue weighted by Crippen LogP contribution is -2.45. The van der Waals surface area contributed by atoms with Crippen molar-refractivity contribution in [2.75, 3.05) is 6.54 Å². The van der Waals surface area contributed by atoms with Gasteiger partial charge in [-0.25, -0.2) is 4.79 Å². The Labute approximate surface area is 122 Å². The molecular formula is C15H18N2O4. The molecule has 0 heterocycles. The van der Waals surface area contributed by atoms with Gasteiger partial charge in [0.15, 0.2) is 0 Å². The largest absolute Gasteiger partial charge is 0.480 e. The number of carbonyl (C=O) groups excluding carboxylic acids is 2. The first-order chi connectivity index (χ1) is 9.90. The first kappa shape index (κ1) is 16.4. The highest BCUT2D eigenvalue weighted by molar-refractivity contribution is 5.96. The Balaban J connectivity index is 2.48. The summed E-state index contributed by atoms with van der Waals surface area (Å²) < 4.78 is 0. The monoisotopic (exact) mass is 290 g/mol. The number of rotatable bonds is 7. The molecule has 6 nitrogen and oxygen atoms in total. The number of carboxylic acid groups (broad SMARTS) is 1. The third kappa shape index (κ3) is 5.90. The summed E-state index contributed by atoms with van der Waals surface area (Å²) in [6.07, 6.45) is 0.147. The summed E-state index contributed by atoms with van der Waals surface area (Å²) in [5, 5.41) is 13.8. The second-order valence-electron chi connectivity index (χ2n) is 4.67. The van der Waals surface area contributed by atoms with E-state index in [-0.39, 0.29) is 13.0 Å². The van der Waals surface area contributed by atoms with Crippen molar-refractivity contribution < 1.29 is 19.5 Å². The van der Waals surface area contributed by atoms with Crippen LogP contribution in [0.3, 0.4) is 0 Å². The number of hydrogen-bond acceptors (Lipinski definition) is 3. The Morgan fingerprint density at radius 2 is 1.86 bits per heavy atom. The average molecular weight is 290 g/mol. The van der Waals surface area contributed by atoms with Gasteiger partial charge in [-0.3, -0.25) is 9.59 Å². The number of nitrogens with one attached hydrogen (secondary N) is 2. The normalized spacial score (nSPS) is 11.3. The zero-order valence-corrected chi connectivity index (χ0v) is 11.8. The van der Waals surface area contributed by atoms with Gasteiger partial charge in [-0.05, 0) is 25.5 Å². The average Bonchev–Trinajstić information content (AvgIpc) is 2.44. The van der Waals surface area contributed by atoms with Gasteiger partial charge >= 0.3 is 5.97 Å². The molecule has 6 heteroatoms. The van der Waals surface area contributed by atoms with Gasteiger partial charge in [-0.1, -0.05) is 23.8 Å². The second-order valence-corrected chi connectivity index (χ2v) is 4.67. The fraction of sp³-hybridized carbons (Fsp3) is 0.267. The van der Waals surface area contributed by atoms with Crippen LogP contribution in [-0.2, 0) is 9.59 Å². The molecule has 2 amide bonds. The van der Waals surface area contributed by atoms with Crippen LogP contribution in [-0.4, -0.2) is 35.5 Å². The molecule has 0 aliphatic rings. The van der Waals surface area contributed by atoms with E-state index in [9.17, 15) is 14.4 Å². The lowest BCUT2D eigenvalue weighted by molar-refractivity contribution is -0.141. The van der Waals surface area contributed by atoms with Crippen LogP contribution in [0.2, 0.25) is 0 Å². The molecule has 1 aromatic rings. The van der Waals surface area contributed by atoms with Crippen LogP contribution in [0.25, 0.3) is 0 Å². The van der Waals surface area contributed by atoms with Crippen LogP contribution in [0.4, 0.5) is 0 Å². The van der Waals surface area contributed by atoms with E-state index in [0.717, 1.165) is 0 Å². The van der Waals surface area contributed by atoms with Crippen LogP contribution in [0.5, 0.6) is 0 Å². The molecule has 0 radical (unpaired) electrons. The minimum absolute atomic E-state index is 0.147. The van der Waals surface area contributed by atoms with E-state index in [4.69, 9.17) is 5.11 Å². The minimum Gasteiger partial charge on any atom is -0.480 e. The van der Waals surface area contributed by atoms with Crippen LogP contribution in [0.1, 0.15) is 23.7 Å². The van der Waals surface area contributed by atoms with Gasteiger partial charge in [-0.15, -0.1) is 6.58 Å². The quantitative estimate of drug-likeness (QED) is 0.652. The molecule has 0 aliphatic carbocycles. The van der Waals surface area contributed by atoms with Crippen molar-refractivity contribution in [3.63, 3.8) is 0 Å². The Hall–Kier alpha value is -2.63. The molecule has 0 saturated carbocycles. The first-order valence-electron chi connectivity index (χ1n) is 6.40. The Morgan fingerprint density at radius 3 is 2.38 bits per heavy atom. The van der Waals surface area contributed by atoms with Gasteiger partial charge in [0.05, 0.1) is 6.54 Å². The number of carboxylic acids is 1.